The average Bonchev–Trinajstić information content (AvgIpc) is 2.74. The van der Waals surface area contributed by atoms with Crippen LogP contribution in [0.2, 0.25) is 0 Å². The zero-order chi connectivity index (χ0) is 18.6. The van der Waals surface area contributed by atoms with Crippen LogP contribution in [-0.2, 0) is 11.2 Å². The second-order valence-corrected chi connectivity index (χ2v) is 7.56. The monoisotopic (exact) mass is 364 g/mol. The topological polar surface area (TPSA) is 39.7 Å². The quantitative estimate of drug-likeness (QED) is 0.836. The van der Waals surface area contributed by atoms with Crippen molar-refractivity contribution in [3.05, 3.63) is 59.8 Å². The van der Waals surface area contributed by atoms with Gasteiger partial charge < -0.3 is 9.80 Å². The third kappa shape index (κ3) is 3.98. The first-order chi connectivity index (χ1) is 13.2. The van der Waals surface area contributed by atoms with Crippen molar-refractivity contribution in [1.29, 1.82) is 0 Å². The minimum Gasteiger partial charge on any atom is -0.354 e. The van der Waals surface area contributed by atoms with Crippen molar-refractivity contribution < 1.29 is 4.79 Å². The summed E-state index contributed by atoms with van der Waals surface area (Å²) in [7, 11) is 1.97. The summed E-state index contributed by atoms with van der Waals surface area (Å²) >= 11 is 0. The van der Waals surface area contributed by atoms with Gasteiger partial charge in [-0.05, 0) is 42.5 Å². The molecule has 1 saturated heterocycles. The largest absolute Gasteiger partial charge is 0.354 e. The molecule has 0 unspecified atom stereocenters. The van der Waals surface area contributed by atoms with E-state index < -0.39 is 0 Å². The van der Waals surface area contributed by atoms with Crippen LogP contribution in [0.5, 0.6) is 0 Å². The average molecular weight is 364 g/mol. The normalized spacial score (nSPS) is 20.2. The fourth-order valence-electron chi connectivity index (χ4n) is 4.28. The smallest absolute Gasteiger partial charge is 0.237 e. The Morgan fingerprint density at radius 3 is 2.67 bits per heavy atom. The molecule has 2 aliphatic rings. The number of likely N-dealkylation sites (N-methyl/N-ethyl adjacent to an activating group) is 1. The lowest BCUT2D eigenvalue weighted by Gasteiger charge is -2.37. The van der Waals surface area contributed by atoms with Crippen molar-refractivity contribution in [2.75, 3.05) is 44.7 Å². The van der Waals surface area contributed by atoms with E-state index in [9.17, 15) is 4.79 Å². The van der Waals surface area contributed by atoms with E-state index in [2.05, 4.69) is 45.1 Å². The SMILES string of the molecule is CN(C(=O)CN1CCN(c2ccccn2)CC1)[C@@H]1CCCc2ccccc21. The number of piperazine rings is 1. The molecule has 2 heterocycles. The Morgan fingerprint density at radius 1 is 1.11 bits per heavy atom. The number of carbonyl (C=O) groups excluding carboxylic acids is 1. The van der Waals surface area contributed by atoms with Gasteiger partial charge in [-0.15, -0.1) is 0 Å². The summed E-state index contributed by atoms with van der Waals surface area (Å²) < 4.78 is 0. The molecule has 0 spiro atoms. The molecule has 27 heavy (non-hydrogen) atoms. The first kappa shape index (κ1) is 18.0. The van der Waals surface area contributed by atoms with Gasteiger partial charge in [0, 0.05) is 39.4 Å². The van der Waals surface area contributed by atoms with E-state index in [-0.39, 0.29) is 11.9 Å². The number of carbonyl (C=O) groups is 1. The number of nitrogens with zero attached hydrogens (tertiary/aromatic N) is 4. The minimum atomic E-state index is 0.220. The first-order valence-electron chi connectivity index (χ1n) is 9.94. The molecule has 0 radical (unpaired) electrons. The Bertz CT molecular complexity index is 771. The van der Waals surface area contributed by atoms with E-state index in [1.165, 1.54) is 11.1 Å². The summed E-state index contributed by atoms with van der Waals surface area (Å²) in [4.78, 5) is 23.9. The Morgan fingerprint density at radius 2 is 1.89 bits per heavy atom. The van der Waals surface area contributed by atoms with Crippen LogP contribution in [0.25, 0.3) is 0 Å². The summed E-state index contributed by atoms with van der Waals surface area (Å²) in [6, 6.07) is 14.8. The van der Waals surface area contributed by atoms with Crippen LogP contribution >= 0.6 is 0 Å². The fourth-order valence-corrected chi connectivity index (χ4v) is 4.28. The van der Waals surface area contributed by atoms with E-state index in [4.69, 9.17) is 0 Å². The Balaban J connectivity index is 1.34. The minimum absolute atomic E-state index is 0.220. The second kappa shape index (κ2) is 8.09. The number of hydrogen-bond donors (Lipinski definition) is 0. The molecule has 1 aromatic carbocycles. The second-order valence-electron chi connectivity index (χ2n) is 7.56. The van der Waals surface area contributed by atoms with Crippen LogP contribution in [0.1, 0.15) is 30.0 Å². The number of anilines is 1. The molecule has 0 N–H and O–H groups in total. The molecular formula is C22H28N4O. The van der Waals surface area contributed by atoms with Gasteiger partial charge in [0.25, 0.3) is 0 Å². The van der Waals surface area contributed by atoms with Gasteiger partial charge in [-0.1, -0.05) is 30.3 Å². The molecule has 142 valence electrons. The number of amides is 1. The highest BCUT2D eigenvalue weighted by Gasteiger charge is 2.28. The number of pyridine rings is 1. The van der Waals surface area contributed by atoms with Crippen molar-refractivity contribution in [3.63, 3.8) is 0 Å². The molecule has 1 fully saturated rings. The van der Waals surface area contributed by atoms with Crippen LogP contribution in [-0.4, -0.2) is 60.5 Å². The zero-order valence-corrected chi connectivity index (χ0v) is 16.1. The lowest BCUT2D eigenvalue weighted by atomic mass is 9.87. The molecule has 4 rings (SSSR count). The Labute approximate surface area is 161 Å². The van der Waals surface area contributed by atoms with Crippen LogP contribution in [0.4, 0.5) is 5.82 Å². The number of benzene rings is 1. The van der Waals surface area contributed by atoms with Crippen molar-refractivity contribution in [3.8, 4) is 0 Å². The number of rotatable bonds is 4. The van der Waals surface area contributed by atoms with Gasteiger partial charge in [0.1, 0.15) is 5.82 Å². The van der Waals surface area contributed by atoms with Gasteiger partial charge in [0.2, 0.25) is 5.91 Å². The van der Waals surface area contributed by atoms with E-state index in [0.29, 0.717) is 6.54 Å². The number of hydrogen-bond acceptors (Lipinski definition) is 4. The number of aryl methyl sites for hydroxylation is 1. The summed E-state index contributed by atoms with van der Waals surface area (Å²) in [5.74, 6) is 1.25. The van der Waals surface area contributed by atoms with Gasteiger partial charge in [-0.25, -0.2) is 4.98 Å². The Hall–Kier alpha value is -2.40. The fraction of sp³-hybridized carbons (Fsp3) is 0.455. The molecule has 5 nitrogen and oxygen atoms in total. The van der Waals surface area contributed by atoms with Crippen molar-refractivity contribution in [2.24, 2.45) is 0 Å². The molecule has 2 aromatic rings. The molecule has 1 atom stereocenters. The highest BCUT2D eigenvalue weighted by atomic mass is 16.2. The maximum absolute atomic E-state index is 12.9. The third-order valence-corrected chi connectivity index (χ3v) is 5.90. The third-order valence-electron chi connectivity index (χ3n) is 5.90. The lowest BCUT2D eigenvalue weighted by Crippen LogP contribution is -2.50. The molecular weight excluding hydrogens is 336 g/mol. The van der Waals surface area contributed by atoms with E-state index >= 15 is 0 Å². The highest BCUT2D eigenvalue weighted by molar-refractivity contribution is 5.78. The molecule has 0 bridgehead atoms. The van der Waals surface area contributed by atoms with Gasteiger partial charge in [-0.3, -0.25) is 9.69 Å². The molecule has 1 amide bonds. The molecule has 1 aliphatic carbocycles. The Kier molecular flexibility index (Phi) is 5.39. The van der Waals surface area contributed by atoms with Gasteiger partial charge >= 0.3 is 0 Å². The first-order valence-corrected chi connectivity index (χ1v) is 9.94. The van der Waals surface area contributed by atoms with Crippen LogP contribution < -0.4 is 4.90 Å². The predicted molar refractivity (Wildman–Crippen MR) is 108 cm³/mol. The van der Waals surface area contributed by atoms with Crippen LogP contribution in [0.3, 0.4) is 0 Å². The van der Waals surface area contributed by atoms with Gasteiger partial charge in [-0.2, -0.15) is 0 Å². The number of aromatic nitrogens is 1. The van der Waals surface area contributed by atoms with E-state index in [1.807, 2.05) is 30.3 Å². The van der Waals surface area contributed by atoms with Crippen molar-refractivity contribution >= 4 is 11.7 Å². The summed E-state index contributed by atoms with van der Waals surface area (Å²) in [5, 5.41) is 0. The summed E-state index contributed by atoms with van der Waals surface area (Å²) in [6.07, 6.45) is 5.18. The molecule has 5 heteroatoms. The van der Waals surface area contributed by atoms with Gasteiger partial charge in [0.05, 0.1) is 12.6 Å². The highest BCUT2D eigenvalue weighted by Crippen LogP contribution is 2.33. The lowest BCUT2D eigenvalue weighted by molar-refractivity contribution is -0.133. The van der Waals surface area contributed by atoms with Crippen molar-refractivity contribution in [1.82, 2.24) is 14.8 Å². The van der Waals surface area contributed by atoms with Gasteiger partial charge in [0.15, 0.2) is 0 Å². The maximum atomic E-state index is 12.9. The standard InChI is InChI=1S/C22H28N4O/c1-24(20-10-6-8-18-7-2-3-9-19(18)20)22(27)17-25-13-15-26(16-14-25)21-11-4-5-12-23-21/h2-5,7,9,11-12,20H,6,8,10,13-17H2,1H3/t20-/m1/s1. The summed E-state index contributed by atoms with van der Waals surface area (Å²) in [6.45, 7) is 4.14. The predicted octanol–water partition coefficient (Wildman–Crippen LogP) is 2.74. The molecule has 1 aromatic heterocycles. The van der Waals surface area contributed by atoms with E-state index in [1.54, 1.807) is 0 Å². The number of fused-ring (bicyclic) bond motifs is 1. The van der Waals surface area contributed by atoms with E-state index in [0.717, 1.165) is 51.3 Å². The summed E-state index contributed by atoms with van der Waals surface area (Å²) in [5.41, 5.74) is 2.73. The van der Waals surface area contributed by atoms with Crippen molar-refractivity contribution in [2.45, 2.75) is 25.3 Å². The molecule has 1 aliphatic heterocycles. The maximum Gasteiger partial charge on any atom is 0.237 e. The molecule has 0 saturated carbocycles. The zero-order valence-electron chi connectivity index (χ0n) is 16.1. The van der Waals surface area contributed by atoms with Crippen LogP contribution in [0, 0.1) is 0 Å². The van der Waals surface area contributed by atoms with Crippen LogP contribution in [0.15, 0.2) is 48.7 Å².